The fourth-order valence-corrected chi connectivity index (χ4v) is 5.05. The summed E-state index contributed by atoms with van der Waals surface area (Å²) in [6.07, 6.45) is 5.40. The van der Waals surface area contributed by atoms with E-state index in [1.807, 2.05) is 25.3 Å². The first-order valence-corrected chi connectivity index (χ1v) is 8.92. The molecule has 2 aliphatic heterocycles. The second kappa shape index (κ2) is 5.19. The van der Waals surface area contributed by atoms with Crippen molar-refractivity contribution in [2.75, 3.05) is 0 Å². The van der Waals surface area contributed by atoms with Crippen molar-refractivity contribution >= 4 is 28.6 Å². The molecule has 0 radical (unpaired) electrons. The number of thiophene rings is 1. The lowest BCUT2D eigenvalue weighted by molar-refractivity contribution is 0.0935. The van der Waals surface area contributed by atoms with Gasteiger partial charge < -0.3 is 10.6 Å². The van der Waals surface area contributed by atoms with Crippen molar-refractivity contribution in [1.29, 1.82) is 0 Å². The Balaban J connectivity index is 1.46. The van der Waals surface area contributed by atoms with Crippen LogP contribution in [0.4, 0.5) is 0 Å². The number of carbonyl (C=O) groups is 1. The Morgan fingerprint density at radius 3 is 2.90 bits per heavy atom. The van der Waals surface area contributed by atoms with Gasteiger partial charge in [-0.2, -0.15) is 0 Å². The maximum atomic E-state index is 12.4. The quantitative estimate of drug-likeness (QED) is 0.915. The number of rotatable bonds is 3. The van der Waals surface area contributed by atoms with Gasteiger partial charge in [-0.05, 0) is 38.3 Å². The van der Waals surface area contributed by atoms with Crippen molar-refractivity contribution < 1.29 is 4.79 Å². The number of thiazole rings is 1. The van der Waals surface area contributed by atoms with Crippen molar-refractivity contribution in [3.8, 4) is 9.75 Å². The fourth-order valence-electron chi connectivity index (χ4n) is 3.29. The molecule has 0 unspecified atom stereocenters. The van der Waals surface area contributed by atoms with Gasteiger partial charge in [0.1, 0.15) is 0 Å². The number of nitrogens with zero attached hydrogens (tertiary/aromatic N) is 1. The summed E-state index contributed by atoms with van der Waals surface area (Å²) in [7, 11) is 0. The third-order valence-corrected chi connectivity index (χ3v) is 6.50. The van der Waals surface area contributed by atoms with Gasteiger partial charge in [-0.15, -0.1) is 22.7 Å². The lowest BCUT2D eigenvalue weighted by Gasteiger charge is -2.20. The minimum absolute atomic E-state index is 0.0619. The predicted octanol–water partition coefficient (Wildman–Crippen LogP) is 2.80. The van der Waals surface area contributed by atoms with E-state index in [9.17, 15) is 4.79 Å². The molecule has 4 heterocycles. The molecule has 2 N–H and O–H groups in total. The highest BCUT2D eigenvalue weighted by Crippen LogP contribution is 2.33. The van der Waals surface area contributed by atoms with E-state index < -0.39 is 0 Å². The molecule has 2 aromatic heterocycles. The fraction of sp³-hybridized carbons (Fsp3) is 0.467. The first-order valence-electron chi connectivity index (χ1n) is 7.28. The summed E-state index contributed by atoms with van der Waals surface area (Å²) in [4.78, 5) is 19.7. The highest BCUT2D eigenvalue weighted by molar-refractivity contribution is 7.22. The molecule has 110 valence electrons. The summed E-state index contributed by atoms with van der Waals surface area (Å²) >= 11 is 3.22. The third-order valence-electron chi connectivity index (χ3n) is 4.31. The van der Waals surface area contributed by atoms with Crippen molar-refractivity contribution in [3.05, 3.63) is 28.2 Å². The Morgan fingerprint density at radius 2 is 2.24 bits per heavy atom. The highest BCUT2D eigenvalue weighted by Gasteiger charge is 2.39. The summed E-state index contributed by atoms with van der Waals surface area (Å²) in [5.41, 5.74) is 0. The zero-order valence-electron chi connectivity index (χ0n) is 11.8. The zero-order chi connectivity index (χ0) is 14.4. The molecule has 0 aliphatic carbocycles. The highest BCUT2D eigenvalue weighted by atomic mass is 32.1. The largest absolute Gasteiger partial charge is 0.347 e. The number of aromatic nitrogens is 1. The molecule has 0 aromatic carbocycles. The normalized spacial score (nSPS) is 27.2. The van der Waals surface area contributed by atoms with E-state index in [0.29, 0.717) is 18.1 Å². The van der Waals surface area contributed by atoms with Crippen LogP contribution < -0.4 is 10.6 Å². The summed E-state index contributed by atoms with van der Waals surface area (Å²) in [5.74, 6) is 0.0619. The van der Waals surface area contributed by atoms with Crippen molar-refractivity contribution in [2.24, 2.45) is 0 Å². The van der Waals surface area contributed by atoms with Gasteiger partial charge in [0.2, 0.25) is 0 Å². The molecule has 1 amide bonds. The Hall–Kier alpha value is -1.24. The Labute approximate surface area is 131 Å². The summed E-state index contributed by atoms with van der Waals surface area (Å²) in [5, 5.41) is 7.80. The zero-order valence-corrected chi connectivity index (χ0v) is 13.4. The molecule has 2 aromatic rings. The van der Waals surface area contributed by atoms with E-state index in [2.05, 4.69) is 15.6 Å². The SMILES string of the molecule is Cc1ncc(-c2ccc(C(=O)N[C@@H]3C[C@H]4CC[C@@H]3N4)s2)s1. The molecule has 2 bridgehead atoms. The summed E-state index contributed by atoms with van der Waals surface area (Å²) < 4.78 is 0. The number of fused-ring (bicyclic) bond motifs is 2. The number of aryl methyl sites for hydroxylation is 1. The van der Waals surface area contributed by atoms with E-state index in [-0.39, 0.29) is 5.91 Å². The molecule has 2 fully saturated rings. The van der Waals surface area contributed by atoms with E-state index in [1.165, 1.54) is 12.8 Å². The molecule has 0 saturated carbocycles. The number of nitrogens with one attached hydrogen (secondary N) is 2. The number of amides is 1. The average Bonchev–Trinajstić information content (AvgIpc) is 3.22. The first kappa shape index (κ1) is 13.4. The topological polar surface area (TPSA) is 54.0 Å². The van der Waals surface area contributed by atoms with Crippen LogP contribution in [0, 0.1) is 6.92 Å². The van der Waals surface area contributed by atoms with Gasteiger partial charge in [-0.25, -0.2) is 4.98 Å². The van der Waals surface area contributed by atoms with E-state index in [0.717, 1.165) is 26.1 Å². The van der Waals surface area contributed by atoms with Crippen molar-refractivity contribution in [3.63, 3.8) is 0 Å². The average molecular weight is 319 g/mol. The Kier molecular flexibility index (Phi) is 3.32. The van der Waals surface area contributed by atoms with Crippen LogP contribution in [0.1, 0.15) is 33.9 Å². The minimum Gasteiger partial charge on any atom is -0.347 e. The van der Waals surface area contributed by atoms with Crippen LogP contribution in [-0.4, -0.2) is 29.0 Å². The van der Waals surface area contributed by atoms with E-state index >= 15 is 0 Å². The van der Waals surface area contributed by atoms with E-state index in [1.54, 1.807) is 22.7 Å². The van der Waals surface area contributed by atoms with Gasteiger partial charge in [0.15, 0.2) is 0 Å². The van der Waals surface area contributed by atoms with Gasteiger partial charge in [-0.3, -0.25) is 4.79 Å². The van der Waals surface area contributed by atoms with Gasteiger partial charge in [0.25, 0.3) is 5.91 Å². The summed E-state index contributed by atoms with van der Waals surface area (Å²) in [6.45, 7) is 2.00. The monoisotopic (exact) mass is 319 g/mol. The molecule has 2 saturated heterocycles. The second-order valence-electron chi connectivity index (χ2n) is 5.77. The lowest BCUT2D eigenvalue weighted by Crippen LogP contribution is -2.42. The summed E-state index contributed by atoms with van der Waals surface area (Å²) in [6, 6.07) is 5.32. The molecule has 3 atom stereocenters. The first-order chi connectivity index (χ1) is 10.2. The number of carbonyl (C=O) groups excluding carboxylic acids is 1. The third kappa shape index (κ3) is 2.52. The smallest absolute Gasteiger partial charge is 0.261 e. The molecule has 6 heteroatoms. The van der Waals surface area contributed by atoms with Crippen LogP contribution in [0.15, 0.2) is 18.3 Å². The second-order valence-corrected chi connectivity index (χ2v) is 8.09. The van der Waals surface area contributed by atoms with Gasteiger partial charge in [-0.1, -0.05) is 0 Å². The van der Waals surface area contributed by atoms with Crippen LogP contribution >= 0.6 is 22.7 Å². The Morgan fingerprint density at radius 1 is 1.33 bits per heavy atom. The van der Waals surface area contributed by atoms with Crippen LogP contribution in [0.25, 0.3) is 9.75 Å². The number of hydrogen-bond acceptors (Lipinski definition) is 5. The lowest BCUT2D eigenvalue weighted by atomic mass is 9.95. The van der Waals surface area contributed by atoms with E-state index in [4.69, 9.17) is 0 Å². The maximum absolute atomic E-state index is 12.4. The Bertz CT molecular complexity index is 678. The van der Waals surface area contributed by atoms with Gasteiger partial charge in [0.05, 0.1) is 14.8 Å². The molecule has 0 spiro atoms. The number of hydrogen-bond donors (Lipinski definition) is 2. The molecule has 21 heavy (non-hydrogen) atoms. The van der Waals surface area contributed by atoms with Gasteiger partial charge >= 0.3 is 0 Å². The predicted molar refractivity (Wildman–Crippen MR) is 86.0 cm³/mol. The minimum atomic E-state index is 0.0619. The maximum Gasteiger partial charge on any atom is 0.261 e. The van der Waals surface area contributed by atoms with Crippen molar-refractivity contribution in [2.45, 2.75) is 44.3 Å². The van der Waals surface area contributed by atoms with Crippen LogP contribution in [0.5, 0.6) is 0 Å². The van der Waals surface area contributed by atoms with Crippen LogP contribution in [0.3, 0.4) is 0 Å². The van der Waals surface area contributed by atoms with Crippen LogP contribution in [-0.2, 0) is 0 Å². The molecule has 2 aliphatic rings. The molecule has 4 rings (SSSR count). The molecular weight excluding hydrogens is 302 g/mol. The van der Waals surface area contributed by atoms with Crippen LogP contribution in [0.2, 0.25) is 0 Å². The standard InChI is InChI=1S/C15H17N3OS2/c1-8-16-7-14(20-8)12-4-5-13(21-12)15(19)18-11-6-9-2-3-10(11)17-9/h4-5,7,9-11,17H,2-3,6H2,1H3,(H,18,19)/t9-,10+,11-/m1/s1. The van der Waals surface area contributed by atoms with Gasteiger partial charge in [0, 0.05) is 29.2 Å². The molecule has 4 nitrogen and oxygen atoms in total. The molecular formula is C15H17N3OS2. The van der Waals surface area contributed by atoms with Crippen molar-refractivity contribution in [1.82, 2.24) is 15.6 Å².